The molecule has 7 N–H and O–H groups in total. The summed E-state index contributed by atoms with van der Waals surface area (Å²) in [7, 11) is 0. The van der Waals surface area contributed by atoms with Crippen molar-refractivity contribution in [3.05, 3.63) is 53.5 Å². The van der Waals surface area contributed by atoms with Gasteiger partial charge in [0.05, 0.1) is 18.7 Å². The first-order chi connectivity index (χ1) is 16.3. The highest BCUT2D eigenvalue weighted by Gasteiger charge is 2.32. The lowest BCUT2D eigenvalue weighted by Gasteiger charge is -2.24. The quantitative estimate of drug-likeness (QED) is 0.241. The molecule has 1 amide bonds. The minimum absolute atomic E-state index is 0.205. The Hall–Kier alpha value is -3.04. The lowest BCUT2D eigenvalue weighted by molar-refractivity contribution is -0.142. The lowest BCUT2D eigenvalue weighted by atomic mass is 9.89. The van der Waals surface area contributed by atoms with E-state index in [1.807, 2.05) is 24.3 Å². The Bertz CT molecular complexity index is 893. The van der Waals surface area contributed by atoms with Gasteiger partial charge in [0.25, 0.3) is 0 Å². The van der Waals surface area contributed by atoms with Gasteiger partial charge in [-0.2, -0.15) is 0 Å². The molecule has 1 aromatic rings. The molecule has 186 valence electrons. The van der Waals surface area contributed by atoms with E-state index in [4.69, 9.17) is 10.5 Å². The maximum Gasteiger partial charge on any atom is 0.326 e. The minimum atomic E-state index is -1.06. The average Bonchev–Trinajstić information content (AvgIpc) is 3.18. The molecular weight excluding hydrogens is 434 g/mol. The third kappa shape index (κ3) is 7.50. The Morgan fingerprint density at radius 3 is 2.56 bits per heavy atom. The van der Waals surface area contributed by atoms with E-state index in [2.05, 4.69) is 27.8 Å². The smallest absolute Gasteiger partial charge is 0.326 e. The third-order valence-electron chi connectivity index (χ3n) is 6.29. The number of carbonyl (C=O) groups is 2. The molecule has 1 aliphatic heterocycles. The molecule has 3 unspecified atom stereocenters. The molecule has 0 aromatic heterocycles. The van der Waals surface area contributed by atoms with Crippen LogP contribution in [0.5, 0.6) is 0 Å². The second kappa shape index (κ2) is 12.4. The molecule has 2 fully saturated rings. The van der Waals surface area contributed by atoms with Gasteiger partial charge < -0.3 is 31.5 Å². The molecule has 0 spiro atoms. The van der Waals surface area contributed by atoms with Gasteiger partial charge >= 0.3 is 5.97 Å². The summed E-state index contributed by atoms with van der Waals surface area (Å²) < 4.78 is 5.32. The second-order valence-electron chi connectivity index (χ2n) is 8.97. The Morgan fingerprint density at radius 2 is 2.00 bits per heavy atom. The number of unbranched alkanes of at least 4 members (excludes halogenated alkanes) is 1. The molecule has 1 heterocycles. The number of carboxylic acids is 1. The van der Waals surface area contributed by atoms with E-state index < -0.39 is 18.1 Å². The molecule has 1 aliphatic carbocycles. The zero-order chi connectivity index (χ0) is 24.5. The van der Waals surface area contributed by atoms with Crippen molar-refractivity contribution in [2.45, 2.75) is 70.1 Å². The molecule has 3 atom stereocenters. The molecule has 9 nitrogen and oxygen atoms in total. The molecule has 3 rings (SSSR count). The molecule has 34 heavy (non-hydrogen) atoms. The first-order valence-corrected chi connectivity index (χ1v) is 12.0. The first kappa shape index (κ1) is 25.6. The van der Waals surface area contributed by atoms with E-state index in [0.717, 1.165) is 49.9 Å². The van der Waals surface area contributed by atoms with Gasteiger partial charge in [-0.3, -0.25) is 10.1 Å². The van der Waals surface area contributed by atoms with E-state index in [-0.39, 0.29) is 25.2 Å². The standard InChI is InChI=1S/C25H37N5O4/c1-16-23(28-15-34-16)24(31)30-22(25(32)33)14-18-9-11-20(12-10-18)29-21(19-6-5-7-19)8-3-4-13-27-17(2)26/h9-12,16,22-23,27-29H,2-8,13-15,26H2,1H3,(H,30,31)(H,32,33). The summed E-state index contributed by atoms with van der Waals surface area (Å²) in [6.45, 7) is 6.53. The largest absolute Gasteiger partial charge is 0.480 e. The van der Waals surface area contributed by atoms with Gasteiger partial charge in [-0.1, -0.05) is 24.3 Å². The Kier molecular flexibility index (Phi) is 9.35. The summed E-state index contributed by atoms with van der Waals surface area (Å²) >= 11 is 0. The third-order valence-corrected chi connectivity index (χ3v) is 6.29. The van der Waals surface area contributed by atoms with Crippen molar-refractivity contribution < 1.29 is 19.4 Å². The topological polar surface area (TPSA) is 138 Å². The number of ether oxygens (including phenoxy) is 1. The maximum atomic E-state index is 12.4. The van der Waals surface area contributed by atoms with Crippen LogP contribution in [-0.2, 0) is 20.7 Å². The average molecular weight is 472 g/mol. The minimum Gasteiger partial charge on any atom is -0.480 e. The fourth-order valence-corrected chi connectivity index (χ4v) is 4.09. The monoisotopic (exact) mass is 471 g/mol. The SMILES string of the molecule is C=C(N)NCCCCC(Nc1ccc(CC(NC(=O)C2NCOC2C)C(=O)O)cc1)=C1CCC1. The van der Waals surface area contributed by atoms with Crippen molar-refractivity contribution in [2.75, 3.05) is 18.6 Å². The number of benzene rings is 1. The number of carboxylic acid groups (broad SMARTS) is 1. The number of nitrogens with one attached hydrogen (secondary N) is 4. The molecule has 0 bridgehead atoms. The zero-order valence-electron chi connectivity index (χ0n) is 19.9. The van der Waals surface area contributed by atoms with Crippen molar-refractivity contribution in [2.24, 2.45) is 5.73 Å². The van der Waals surface area contributed by atoms with Crippen molar-refractivity contribution in [3.63, 3.8) is 0 Å². The van der Waals surface area contributed by atoms with E-state index in [0.29, 0.717) is 5.82 Å². The van der Waals surface area contributed by atoms with Crippen LogP contribution < -0.4 is 27.0 Å². The number of allylic oxidation sites excluding steroid dienone is 2. The number of aliphatic carboxylic acids is 1. The normalized spacial score (nSPS) is 20.2. The summed E-state index contributed by atoms with van der Waals surface area (Å²) in [6.07, 6.45) is 6.44. The number of hydrogen-bond donors (Lipinski definition) is 6. The van der Waals surface area contributed by atoms with Crippen molar-refractivity contribution in [1.29, 1.82) is 0 Å². The van der Waals surface area contributed by atoms with Gasteiger partial charge in [0.15, 0.2) is 0 Å². The van der Waals surface area contributed by atoms with Crippen LogP contribution in [0.2, 0.25) is 0 Å². The highest BCUT2D eigenvalue weighted by Crippen LogP contribution is 2.31. The number of anilines is 1. The van der Waals surface area contributed by atoms with Gasteiger partial charge in [0.2, 0.25) is 5.91 Å². The van der Waals surface area contributed by atoms with Crippen LogP contribution in [0.15, 0.2) is 47.9 Å². The molecule has 2 aliphatic rings. The fraction of sp³-hybridized carbons (Fsp3) is 0.520. The number of rotatable bonds is 13. The summed E-state index contributed by atoms with van der Waals surface area (Å²) in [4.78, 5) is 24.2. The van der Waals surface area contributed by atoms with Gasteiger partial charge in [0.1, 0.15) is 12.1 Å². The van der Waals surface area contributed by atoms with Crippen LogP contribution in [0.3, 0.4) is 0 Å². The van der Waals surface area contributed by atoms with E-state index in [1.165, 1.54) is 17.7 Å². The summed E-state index contributed by atoms with van der Waals surface area (Å²) in [6, 6.07) is 6.18. The van der Waals surface area contributed by atoms with Crippen molar-refractivity contribution >= 4 is 17.6 Å². The van der Waals surface area contributed by atoms with Gasteiger partial charge in [-0.05, 0) is 63.1 Å². The Morgan fingerprint density at radius 1 is 1.26 bits per heavy atom. The van der Waals surface area contributed by atoms with Crippen LogP contribution in [0.1, 0.15) is 51.0 Å². The molecule has 9 heteroatoms. The highest BCUT2D eigenvalue weighted by molar-refractivity contribution is 5.87. The molecule has 1 saturated heterocycles. The predicted octanol–water partition coefficient (Wildman–Crippen LogP) is 2.17. The van der Waals surface area contributed by atoms with Crippen molar-refractivity contribution in [1.82, 2.24) is 16.0 Å². The predicted molar refractivity (Wildman–Crippen MR) is 132 cm³/mol. The highest BCUT2D eigenvalue weighted by atomic mass is 16.5. The van der Waals surface area contributed by atoms with E-state index in [9.17, 15) is 14.7 Å². The molecule has 1 saturated carbocycles. The van der Waals surface area contributed by atoms with Crippen LogP contribution in [-0.4, -0.2) is 48.4 Å². The van der Waals surface area contributed by atoms with Gasteiger partial charge in [0, 0.05) is 24.4 Å². The van der Waals surface area contributed by atoms with Crippen LogP contribution in [0.4, 0.5) is 5.69 Å². The Labute approximate surface area is 201 Å². The van der Waals surface area contributed by atoms with Crippen molar-refractivity contribution in [3.8, 4) is 0 Å². The zero-order valence-corrected chi connectivity index (χ0v) is 19.9. The van der Waals surface area contributed by atoms with Crippen LogP contribution in [0.25, 0.3) is 0 Å². The van der Waals surface area contributed by atoms with Crippen LogP contribution >= 0.6 is 0 Å². The van der Waals surface area contributed by atoms with Crippen LogP contribution in [0, 0.1) is 0 Å². The summed E-state index contributed by atoms with van der Waals surface area (Å²) in [5, 5.41) is 21.8. The summed E-state index contributed by atoms with van der Waals surface area (Å²) in [5.74, 6) is -0.926. The summed E-state index contributed by atoms with van der Waals surface area (Å²) in [5.41, 5.74) is 10.1. The Balaban J connectivity index is 1.54. The number of carbonyl (C=O) groups excluding carboxylic acids is 1. The lowest BCUT2D eigenvalue weighted by Crippen LogP contribution is -2.51. The number of hydrogen-bond acceptors (Lipinski definition) is 7. The molecule has 0 radical (unpaired) electrons. The molecule has 1 aromatic carbocycles. The maximum absolute atomic E-state index is 12.4. The molecular formula is C25H37N5O4. The number of amides is 1. The fourth-order valence-electron chi connectivity index (χ4n) is 4.09. The van der Waals surface area contributed by atoms with Gasteiger partial charge in [-0.25, -0.2) is 4.79 Å². The first-order valence-electron chi connectivity index (χ1n) is 12.0. The number of nitrogens with two attached hydrogens (primary N) is 1. The van der Waals surface area contributed by atoms with E-state index >= 15 is 0 Å². The van der Waals surface area contributed by atoms with E-state index in [1.54, 1.807) is 6.92 Å². The second-order valence-corrected chi connectivity index (χ2v) is 8.97. The van der Waals surface area contributed by atoms with Gasteiger partial charge in [-0.15, -0.1) is 0 Å².